The van der Waals surface area contributed by atoms with Gasteiger partial charge in [-0.05, 0) is 20.8 Å². The molecule has 0 spiro atoms. The SMILES string of the molecule is COC(CN(C)C(=O)Nc1nnc(C(C)OC(C)C)s1)OC. The second-order valence-electron chi connectivity index (χ2n) is 4.98. The van der Waals surface area contributed by atoms with Gasteiger partial charge in [0.25, 0.3) is 0 Å². The van der Waals surface area contributed by atoms with E-state index in [1.165, 1.54) is 30.5 Å². The Morgan fingerprint density at radius 1 is 1.27 bits per heavy atom. The van der Waals surface area contributed by atoms with Crippen molar-refractivity contribution < 1.29 is 19.0 Å². The minimum absolute atomic E-state index is 0.100. The van der Waals surface area contributed by atoms with Gasteiger partial charge in [0.15, 0.2) is 6.29 Å². The van der Waals surface area contributed by atoms with Crippen LogP contribution in [0.1, 0.15) is 31.9 Å². The van der Waals surface area contributed by atoms with Crippen LogP contribution in [0.4, 0.5) is 9.93 Å². The average Bonchev–Trinajstić information content (AvgIpc) is 2.92. The van der Waals surface area contributed by atoms with Crippen LogP contribution in [0.5, 0.6) is 0 Å². The number of aromatic nitrogens is 2. The Morgan fingerprint density at radius 2 is 1.91 bits per heavy atom. The maximum absolute atomic E-state index is 12.0. The lowest BCUT2D eigenvalue weighted by molar-refractivity contribution is -0.108. The summed E-state index contributed by atoms with van der Waals surface area (Å²) in [4.78, 5) is 13.5. The Kier molecular flexibility index (Phi) is 7.66. The van der Waals surface area contributed by atoms with Crippen molar-refractivity contribution in [3.05, 3.63) is 5.01 Å². The van der Waals surface area contributed by atoms with Crippen molar-refractivity contribution in [1.29, 1.82) is 0 Å². The molecule has 0 fully saturated rings. The molecule has 0 aliphatic carbocycles. The summed E-state index contributed by atoms with van der Waals surface area (Å²) in [5.74, 6) is 0. The van der Waals surface area contributed by atoms with Crippen LogP contribution < -0.4 is 5.32 Å². The molecule has 1 unspecified atom stereocenters. The fourth-order valence-corrected chi connectivity index (χ4v) is 2.38. The molecule has 1 N–H and O–H groups in total. The zero-order chi connectivity index (χ0) is 16.7. The van der Waals surface area contributed by atoms with E-state index in [2.05, 4.69) is 15.5 Å². The summed E-state index contributed by atoms with van der Waals surface area (Å²) in [6.07, 6.45) is -0.532. The van der Waals surface area contributed by atoms with Gasteiger partial charge in [-0.3, -0.25) is 5.32 Å². The van der Waals surface area contributed by atoms with Crippen LogP contribution >= 0.6 is 11.3 Å². The molecule has 1 atom stereocenters. The van der Waals surface area contributed by atoms with Crippen LogP contribution in [0.15, 0.2) is 0 Å². The van der Waals surface area contributed by atoms with Crippen LogP contribution in [0, 0.1) is 0 Å². The largest absolute Gasteiger partial charge is 0.369 e. The Hall–Kier alpha value is -1.29. The number of nitrogens with zero attached hydrogens (tertiary/aromatic N) is 3. The first kappa shape index (κ1) is 18.8. The molecule has 8 nitrogen and oxygen atoms in total. The predicted molar refractivity (Wildman–Crippen MR) is 84.0 cm³/mol. The average molecular weight is 332 g/mol. The number of methoxy groups -OCH3 is 2. The summed E-state index contributed by atoms with van der Waals surface area (Å²) >= 11 is 1.29. The molecule has 126 valence electrons. The summed E-state index contributed by atoms with van der Waals surface area (Å²) < 4.78 is 15.7. The van der Waals surface area contributed by atoms with Crippen molar-refractivity contribution >= 4 is 22.5 Å². The summed E-state index contributed by atoms with van der Waals surface area (Å²) in [5.41, 5.74) is 0. The first-order chi connectivity index (χ1) is 10.4. The lowest BCUT2D eigenvalue weighted by atomic mass is 10.4. The van der Waals surface area contributed by atoms with E-state index < -0.39 is 6.29 Å². The number of amides is 2. The topological polar surface area (TPSA) is 85.8 Å². The van der Waals surface area contributed by atoms with E-state index >= 15 is 0 Å². The molecule has 1 aromatic heterocycles. The van der Waals surface area contributed by atoms with Gasteiger partial charge >= 0.3 is 6.03 Å². The monoisotopic (exact) mass is 332 g/mol. The quantitative estimate of drug-likeness (QED) is 0.734. The van der Waals surface area contributed by atoms with E-state index in [1.807, 2.05) is 20.8 Å². The van der Waals surface area contributed by atoms with E-state index in [0.717, 1.165) is 5.01 Å². The third kappa shape index (κ3) is 5.84. The molecule has 0 radical (unpaired) electrons. The van der Waals surface area contributed by atoms with Gasteiger partial charge in [-0.15, -0.1) is 10.2 Å². The van der Waals surface area contributed by atoms with Gasteiger partial charge in [-0.1, -0.05) is 11.3 Å². The van der Waals surface area contributed by atoms with E-state index in [4.69, 9.17) is 14.2 Å². The smallest absolute Gasteiger partial charge is 0.323 e. The number of ether oxygens (including phenoxy) is 3. The van der Waals surface area contributed by atoms with Crippen molar-refractivity contribution in [3.63, 3.8) is 0 Å². The molecular weight excluding hydrogens is 308 g/mol. The Balaban J connectivity index is 2.56. The number of nitrogens with one attached hydrogen (secondary N) is 1. The van der Waals surface area contributed by atoms with Crippen LogP contribution in [0.2, 0.25) is 0 Å². The standard InChI is InChI=1S/C13H24N4O4S/c1-8(2)21-9(3)11-15-16-12(22-11)14-13(18)17(4)7-10(19-5)20-6/h8-10H,7H2,1-6H3,(H,14,16,18). The van der Waals surface area contributed by atoms with E-state index in [0.29, 0.717) is 11.7 Å². The van der Waals surface area contributed by atoms with E-state index in [1.54, 1.807) is 7.05 Å². The van der Waals surface area contributed by atoms with Crippen LogP contribution in [-0.2, 0) is 14.2 Å². The van der Waals surface area contributed by atoms with Gasteiger partial charge < -0.3 is 19.1 Å². The van der Waals surface area contributed by atoms with Gasteiger partial charge in [-0.25, -0.2) is 4.79 Å². The maximum atomic E-state index is 12.0. The Bertz CT molecular complexity index is 465. The van der Waals surface area contributed by atoms with Gasteiger partial charge in [0.05, 0.1) is 12.6 Å². The summed E-state index contributed by atoms with van der Waals surface area (Å²) in [7, 11) is 4.69. The molecule has 0 saturated heterocycles. The molecule has 2 amide bonds. The summed E-state index contributed by atoms with van der Waals surface area (Å²) in [6.45, 7) is 6.12. The molecule has 0 aromatic carbocycles. The molecule has 1 aromatic rings. The van der Waals surface area contributed by atoms with Gasteiger partial charge in [0.1, 0.15) is 11.1 Å². The number of urea groups is 1. The van der Waals surface area contributed by atoms with Crippen molar-refractivity contribution in [2.75, 3.05) is 33.1 Å². The molecule has 0 saturated carbocycles. The van der Waals surface area contributed by atoms with E-state index in [9.17, 15) is 4.79 Å². The van der Waals surface area contributed by atoms with Crippen molar-refractivity contribution in [2.24, 2.45) is 0 Å². The lowest BCUT2D eigenvalue weighted by Gasteiger charge is -2.21. The van der Waals surface area contributed by atoms with E-state index in [-0.39, 0.29) is 18.2 Å². The number of carbonyl (C=O) groups is 1. The highest BCUT2D eigenvalue weighted by molar-refractivity contribution is 7.15. The number of anilines is 1. The minimum Gasteiger partial charge on any atom is -0.369 e. The first-order valence-electron chi connectivity index (χ1n) is 6.93. The normalized spacial score (nSPS) is 12.7. The number of likely N-dealkylation sites (N-methyl/N-ethyl adjacent to an activating group) is 1. The number of hydrogen-bond donors (Lipinski definition) is 1. The Labute approximate surface area is 134 Å². The molecule has 9 heteroatoms. The first-order valence-corrected chi connectivity index (χ1v) is 7.75. The highest BCUT2D eigenvalue weighted by Gasteiger charge is 2.18. The van der Waals surface area contributed by atoms with Crippen molar-refractivity contribution in [1.82, 2.24) is 15.1 Å². The zero-order valence-corrected chi connectivity index (χ0v) is 14.6. The highest BCUT2D eigenvalue weighted by Crippen LogP contribution is 2.25. The third-order valence-electron chi connectivity index (χ3n) is 2.77. The molecular formula is C13H24N4O4S. The maximum Gasteiger partial charge on any atom is 0.323 e. The minimum atomic E-state index is -0.472. The molecule has 1 rings (SSSR count). The second kappa shape index (κ2) is 8.99. The number of carbonyl (C=O) groups excluding carboxylic acids is 1. The molecule has 0 bridgehead atoms. The highest BCUT2D eigenvalue weighted by atomic mass is 32.1. The van der Waals surface area contributed by atoms with Gasteiger partial charge in [0, 0.05) is 21.3 Å². The van der Waals surface area contributed by atoms with Crippen LogP contribution in [0.3, 0.4) is 0 Å². The third-order valence-corrected chi connectivity index (χ3v) is 3.77. The molecule has 22 heavy (non-hydrogen) atoms. The molecule has 0 aliphatic rings. The Morgan fingerprint density at radius 3 is 2.45 bits per heavy atom. The van der Waals surface area contributed by atoms with Crippen LogP contribution in [0.25, 0.3) is 0 Å². The van der Waals surface area contributed by atoms with Crippen molar-refractivity contribution in [3.8, 4) is 0 Å². The zero-order valence-electron chi connectivity index (χ0n) is 13.8. The van der Waals surface area contributed by atoms with Crippen molar-refractivity contribution in [2.45, 2.75) is 39.3 Å². The summed E-state index contributed by atoms with van der Waals surface area (Å²) in [6, 6.07) is -0.306. The summed E-state index contributed by atoms with van der Waals surface area (Å²) in [5, 5.41) is 11.8. The van der Waals surface area contributed by atoms with Gasteiger partial charge in [-0.2, -0.15) is 0 Å². The molecule has 1 heterocycles. The fourth-order valence-electron chi connectivity index (χ4n) is 1.65. The van der Waals surface area contributed by atoms with Gasteiger partial charge in [0.2, 0.25) is 5.13 Å². The molecule has 0 aliphatic heterocycles. The number of hydrogen-bond acceptors (Lipinski definition) is 7. The second-order valence-corrected chi connectivity index (χ2v) is 5.99. The lowest BCUT2D eigenvalue weighted by Crippen LogP contribution is -2.38. The van der Waals surface area contributed by atoms with Crippen LogP contribution in [-0.4, -0.2) is 61.3 Å². The predicted octanol–water partition coefficient (Wildman–Crippen LogP) is 2.11. The number of rotatable bonds is 8. The fraction of sp³-hybridized carbons (Fsp3) is 0.769.